The monoisotopic (exact) mass is 296 g/mol. The van der Waals surface area contributed by atoms with Crippen molar-refractivity contribution in [3.8, 4) is 0 Å². The summed E-state index contributed by atoms with van der Waals surface area (Å²) in [6, 6.07) is 7.56. The lowest BCUT2D eigenvalue weighted by Gasteiger charge is -2.10. The van der Waals surface area contributed by atoms with Crippen molar-refractivity contribution in [3.05, 3.63) is 58.6 Å². The fourth-order valence-corrected chi connectivity index (χ4v) is 1.85. The standard InChI is InChI=1S/C14H11ClF2N2O/c1-8-6-9(15)2-5-13(8)19-14(20)18-10-3-4-11(16)12(17)7-10/h2-7H,1H3,(H2,18,19,20). The zero-order valence-corrected chi connectivity index (χ0v) is 11.3. The molecule has 0 saturated heterocycles. The predicted molar refractivity (Wildman–Crippen MR) is 75.2 cm³/mol. The van der Waals surface area contributed by atoms with Crippen LogP contribution in [0.1, 0.15) is 5.56 Å². The van der Waals surface area contributed by atoms with Gasteiger partial charge in [-0.1, -0.05) is 11.6 Å². The highest BCUT2D eigenvalue weighted by Gasteiger charge is 2.07. The molecule has 0 aliphatic heterocycles. The van der Waals surface area contributed by atoms with Crippen LogP contribution in [-0.2, 0) is 0 Å². The number of carbonyl (C=O) groups excluding carboxylic acids is 1. The lowest BCUT2D eigenvalue weighted by Crippen LogP contribution is -2.20. The summed E-state index contributed by atoms with van der Waals surface area (Å²) in [7, 11) is 0. The Morgan fingerprint density at radius 1 is 1.05 bits per heavy atom. The zero-order chi connectivity index (χ0) is 14.7. The van der Waals surface area contributed by atoms with Gasteiger partial charge >= 0.3 is 6.03 Å². The summed E-state index contributed by atoms with van der Waals surface area (Å²) < 4.78 is 25.8. The molecule has 0 radical (unpaired) electrons. The molecule has 0 aromatic heterocycles. The predicted octanol–water partition coefficient (Wildman–Crippen LogP) is 4.57. The molecule has 0 unspecified atom stereocenters. The van der Waals surface area contributed by atoms with Crippen molar-refractivity contribution in [1.29, 1.82) is 0 Å². The lowest BCUT2D eigenvalue weighted by atomic mass is 10.2. The van der Waals surface area contributed by atoms with E-state index in [1.54, 1.807) is 25.1 Å². The Morgan fingerprint density at radius 3 is 2.45 bits per heavy atom. The van der Waals surface area contributed by atoms with Crippen molar-refractivity contribution in [2.75, 3.05) is 10.6 Å². The van der Waals surface area contributed by atoms with Crippen molar-refractivity contribution in [2.45, 2.75) is 6.92 Å². The van der Waals surface area contributed by atoms with Crippen LogP contribution in [0, 0.1) is 18.6 Å². The average Bonchev–Trinajstić information content (AvgIpc) is 2.37. The third-order valence-corrected chi connectivity index (χ3v) is 2.85. The molecule has 0 aliphatic rings. The Balaban J connectivity index is 2.07. The lowest BCUT2D eigenvalue weighted by molar-refractivity contribution is 0.262. The van der Waals surface area contributed by atoms with Crippen LogP contribution in [0.2, 0.25) is 5.02 Å². The summed E-state index contributed by atoms with van der Waals surface area (Å²) in [6.07, 6.45) is 0. The first-order chi connectivity index (χ1) is 9.45. The van der Waals surface area contributed by atoms with Crippen LogP contribution in [0.25, 0.3) is 0 Å². The Labute approximate surface area is 119 Å². The van der Waals surface area contributed by atoms with Gasteiger partial charge in [-0.2, -0.15) is 0 Å². The van der Waals surface area contributed by atoms with Crippen molar-refractivity contribution < 1.29 is 13.6 Å². The molecule has 2 amide bonds. The highest BCUT2D eigenvalue weighted by Crippen LogP contribution is 2.20. The largest absolute Gasteiger partial charge is 0.323 e. The molecule has 6 heteroatoms. The number of urea groups is 1. The number of halogens is 3. The van der Waals surface area contributed by atoms with E-state index in [1.165, 1.54) is 6.07 Å². The van der Waals surface area contributed by atoms with Gasteiger partial charge in [-0.05, 0) is 42.8 Å². The maximum atomic E-state index is 13.0. The number of amides is 2. The zero-order valence-electron chi connectivity index (χ0n) is 10.5. The second-order valence-electron chi connectivity index (χ2n) is 4.17. The number of nitrogens with one attached hydrogen (secondary N) is 2. The average molecular weight is 297 g/mol. The SMILES string of the molecule is Cc1cc(Cl)ccc1NC(=O)Nc1ccc(F)c(F)c1. The fourth-order valence-electron chi connectivity index (χ4n) is 1.63. The first-order valence-electron chi connectivity index (χ1n) is 5.75. The molecule has 3 nitrogen and oxygen atoms in total. The minimum Gasteiger partial charge on any atom is -0.308 e. The van der Waals surface area contributed by atoms with Gasteiger partial charge in [0.25, 0.3) is 0 Å². The van der Waals surface area contributed by atoms with Crippen LogP contribution in [-0.4, -0.2) is 6.03 Å². The van der Waals surface area contributed by atoms with Crippen LogP contribution in [0.5, 0.6) is 0 Å². The minimum absolute atomic E-state index is 0.160. The summed E-state index contributed by atoms with van der Waals surface area (Å²) in [6.45, 7) is 1.79. The van der Waals surface area contributed by atoms with E-state index in [0.29, 0.717) is 10.7 Å². The first-order valence-corrected chi connectivity index (χ1v) is 6.13. The summed E-state index contributed by atoms with van der Waals surface area (Å²) in [5, 5.41) is 5.57. The van der Waals surface area contributed by atoms with Gasteiger partial charge in [0.1, 0.15) is 0 Å². The van der Waals surface area contributed by atoms with E-state index in [2.05, 4.69) is 10.6 Å². The summed E-state index contributed by atoms with van der Waals surface area (Å²) in [5.41, 5.74) is 1.53. The summed E-state index contributed by atoms with van der Waals surface area (Å²) in [5.74, 6) is -1.99. The second-order valence-corrected chi connectivity index (χ2v) is 4.60. The van der Waals surface area contributed by atoms with Crippen LogP contribution in [0.15, 0.2) is 36.4 Å². The van der Waals surface area contributed by atoms with Gasteiger partial charge in [-0.15, -0.1) is 0 Å². The molecule has 0 bridgehead atoms. The number of rotatable bonds is 2. The molecule has 0 aliphatic carbocycles. The third-order valence-electron chi connectivity index (χ3n) is 2.61. The summed E-state index contributed by atoms with van der Waals surface area (Å²) in [4.78, 5) is 11.7. The molecule has 0 heterocycles. The van der Waals surface area contributed by atoms with Gasteiger partial charge in [-0.25, -0.2) is 13.6 Å². The van der Waals surface area contributed by atoms with Gasteiger partial charge in [-0.3, -0.25) is 0 Å². The quantitative estimate of drug-likeness (QED) is 0.837. The Bertz CT molecular complexity index is 662. The van der Waals surface area contributed by atoms with Gasteiger partial charge in [0.05, 0.1) is 0 Å². The van der Waals surface area contributed by atoms with E-state index in [-0.39, 0.29) is 5.69 Å². The van der Waals surface area contributed by atoms with Crippen molar-refractivity contribution in [1.82, 2.24) is 0 Å². The van der Waals surface area contributed by atoms with Crippen LogP contribution in [0.4, 0.5) is 25.0 Å². The number of hydrogen-bond donors (Lipinski definition) is 2. The number of anilines is 2. The summed E-state index contributed by atoms with van der Waals surface area (Å²) >= 11 is 5.81. The van der Waals surface area contributed by atoms with Crippen LogP contribution < -0.4 is 10.6 Å². The van der Waals surface area contributed by atoms with Gasteiger partial charge in [0.15, 0.2) is 11.6 Å². The molecule has 2 aromatic carbocycles. The van der Waals surface area contributed by atoms with Gasteiger partial charge in [0.2, 0.25) is 0 Å². The Hall–Kier alpha value is -2.14. The number of benzene rings is 2. The highest BCUT2D eigenvalue weighted by atomic mass is 35.5. The Morgan fingerprint density at radius 2 is 1.80 bits per heavy atom. The number of carbonyl (C=O) groups is 1. The van der Waals surface area contributed by atoms with Crippen molar-refractivity contribution in [3.63, 3.8) is 0 Å². The normalized spacial score (nSPS) is 10.2. The molecule has 2 aromatic rings. The third kappa shape index (κ3) is 3.45. The molecular weight excluding hydrogens is 286 g/mol. The van der Waals surface area contributed by atoms with Crippen LogP contribution in [0.3, 0.4) is 0 Å². The van der Waals surface area contributed by atoms with E-state index >= 15 is 0 Å². The molecule has 20 heavy (non-hydrogen) atoms. The van der Waals surface area contributed by atoms with Gasteiger partial charge in [0, 0.05) is 22.5 Å². The minimum atomic E-state index is -1.02. The molecular formula is C14H11ClF2N2O. The van der Waals surface area contributed by atoms with Crippen molar-refractivity contribution >= 4 is 29.0 Å². The van der Waals surface area contributed by atoms with Crippen LogP contribution >= 0.6 is 11.6 Å². The van der Waals surface area contributed by atoms with Crippen molar-refractivity contribution in [2.24, 2.45) is 0 Å². The maximum Gasteiger partial charge on any atom is 0.323 e. The molecule has 2 N–H and O–H groups in total. The number of aryl methyl sites for hydroxylation is 1. The van der Waals surface area contributed by atoms with E-state index in [1.807, 2.05) is 0 Å². The molecule has 0 fully saturated rings. The highest BCUT2D eigenvalue weighted by molar-refractivity contribution is 6.30. The maximum absolute atomic E-state index is 13.0. The molecule has 0 atom stereocenters. The Kier molecular flexibility index (Phi) is 4.20. The van der Waals surface area contributed by atoms with Gasteiger partial charge < -0.3 is 10.6 Å². The molecule has 0 saturated carbocycles. The second kappa shape index (κ2) is 5.88. The van der Waals surface area contributed by atoms with E-state index in [4.69, 9.17) is 11.6 Å². The molecule has 0 spiro atoms. The van der Waals surface area contributed by atoms with E-state index in [9.17, 15) is 13.6 Å². The van der Waals surface area contributed by atoms with E-state index < -0.39 is 17.7 Å². The topological polar surface area (TPSA) is 41.1 Å². The number of hydrogen-bond acceptors (Lipinski definition) is 1. The first kappa shape index (κ1) is 14.3. The fraction of sp³-hybridized carbons (Fsp3) is 0.0714. The molecule has 2 rings (SSSR count). The van der Waals surface area contributed by atoms with E-state index in [0.717, 1.165) is 17.7 Å². The molecule has 104 valence electrons. The smallest absolute Gasteiger partial charge is 0.308 e.